The summed E-state index contributed by atoms with van der Waals surface area (Å²) < 4.78 is 0. The highest BCUT2D eigenvalue weighted by Gasteiger charge is 2.08. The zero-order valence-electron chi connectivity index (χ0n) is 11.4. The number of hydrogen-bond donors (Lipinski definition) is 2. The zero-order chi connectivity index (χ0) is 15.1. The van der Waals surface area contributed by atoms with E-state index in [-0.39, 0.29) is 12.5 Å². The number of carbonyl (C=O) groups is 1. The Kier molecular flexibility index (Phi) is 5.81. The number of thioether (sulfide) groups is 1. The van der Waals surface area contributed by atoms with Crippen LogP contribution in [-0.2, 0) is 0 Å². The van der Waals surface area contributed by atoms with Gasteiger partial charge in [-0.2, -0.15) is 0 Å². The van der Waals surface area contributed by atoms with Gasteiger partial charge < -0.3 is 5.11 Å². The number of rotatable bonds is 4. The number of aromatic nitrogens is 1. The molecule has 2 N–H and O–H groups in total. The van der Waals surface area contributed by atoms with Crippen molar-refractivity contribution in [3.05, 3.63) is 40.9 Å². The van der Waals surface area contributed by atoms with E-state index < -0.39 is 0 Å². The number of hydrogen-bond acceptors (Lipinski definition) is 5. The Bertz CT molecular complexity index is 669. The lowest BCUT2D eigenvalue weighted by Gasteiger charge is -2.02. The van der Waals surface area contributed by atoms with Crippen LogP contribution >= 0.6 is 23.1 Å². The fourth-order valence-electron chi connectivity index (χ4n) is 1.51. The largest absolute Gasteiger partial charge is 0.395 e. The predicted molar refractivity (Wildman–Crippen MR) is 86.9 cm³/mol. The molecule has 0 aliphatic heterocycles. The van der Waals surface area contributed by atoms with Gasteiger partial charge in [0.2, 0.25) is 0 Å². The van der Waals surface area contributed by atoms with Gasteiger partial charge in [0.1, 0.15) is 0 Å². The monoisotopic (exact) mass is 318 g/mol. The molecule has 2 aromatic rings. The minimum absolute atomic E-state index is 0.0431. The first-order valence-corrected chi connectivity index (χ1v) is 8.28. The third kappa shape index (κ3) is 4.60. The van der Waals surface area contributed by atoms with E-state index >= 15 is 0 Å². The number of nitrogens with one attached hydrogen (secondary N) is 1. The Morgan fingerprint density at radius 2 is 2.19 bits per heavy atom. The van der Waals surface area contributed by atoms with E-state index in [2.05, 4.69) is 22.1 Å². The van der Waals surface area contributed by atoms with E-state index in [4.69, 9.17) is 5.11 Å². The van der Waals surface area contributed by atoms with Gasteiger partial charge in [0.05, 0.1) is 17.7 Å². The standard InChI is InChI=1S/C15H14N2O2S2/c1-20-12-7-5-11(6-8-12)14(19)17-15-16-10-13(21-15)4-2-3-9-18/h5-8,10,18H,3,9H2,1H3,(H,16,17,19). The Hall–Kier alpha value is -1.81. The summed E-state index contributed by atoms with van der Waals surface area (Å²) in [5.74, 6) is 5.52. The van der Waals surface area contributed by atoms with E-state index in [9.17, 15) is 4.79 Å². The smallest absolute Gasteiger partial charge is 0.257 e. The van der Waals surface area contributed by atoms with Crippen molar-refractivity contribution in [2.24, 2.45) is 0 Å². The molecule has 1 aromatic heterocycles. The van der Waals surface area contributed by atoms with Crippen LogP contribution in [0.2, 0.25) is 0 Å². The molecular weight excluding hydrogens is 304 g/mol. The van der Waals surface area contributed by atoms with E-state index in [0.717, 1.165) is 9.77 Å². The van der Waals surface area contributed by atoms with Gasteiger partial charge in [0, 0.05) is 16.9 Å². The maximum Gasteiger partial charge on any atom is 0.257 e. The van der Waals surface area contributed by atoms with Crippen LogP contribution in [-0.4, -0.2) is 28.9 Å². The normalized spacial score (nSPS) is 9.81. The Morgan fingerprint density at radius 1 is 1.43 bits per heavy atom. The molecule has 0 aliphatic rings. The zero-order valence-corrected chi connectivity index (χ0v) is 13.1. The molecule has 21 heavy (non-hydrogen) atoms. The van der Waals surface area contributed by atoms with E-state index in [0.29, 0.717) is 17.1 Å². The highest BCUT2D eigenvalue weighted by Crippen LogP contribution is 2.19. The van der Waals surface area contributed by atoms with Crippen LogP contribution in [0.3, 0.4) is 0 Å². The summed E-state index contributed by atoms with van der Waals surface area (Å²) in [4.78, 5) is 18.0. The number of benzene rings is 1. The maximum atomic E-state index is 12.1. The lowest BCUT2D eigenvalue weighted by molar-refractivity contribution is 0.102. The summed E-state index contributed by atoms with van der Waals surface area (Å²) in [6, 6.07) is 7.40. The minimum Gasteiger partial charge on any atom is -0.395 e. The van der Waals surface area contributed by atoms with Crippen molar-refractivity contribution >= 4 is 34.1 Å². The van der Waals surface area contributed by atoms with Crippen molar-refractivity contribution in [2.45, 2.75) is 11.3 Å². The van der Waals surface area contributed by atoms with Crippen molar-refractivity contribution in [3.8, 4) is 11.8 Å². The van der Waals surface area contributed by atoms with Gasteiger partial charge in [-0.1, -0.05) is 23.2 Å². The molecule has 1 heterocycles. The topological polar surface area (TPSA) is 62.2 Å². The van der Waals surface area contributed by atoms with Crippen molar-refractivity contribution < 1.29 is 9.90 Å². The van der Waals surface area contributed by atoms with Crippen molar-refractivity contribution in [2.75, 3.05) is 18.2 Å². The van der Waals surface area contributed by atoms with E-state index in [1.165, 1.54) is 11.3 Å². The number of anilines is 1. The lowest BCUT2D eigenvalue weighted by atomic mass is 10.2. The van der Waals surface area contributed by atoms with Crippen LogP contribution in [0.1, 0.15) is 21.7 Å². The fraction of sp³-hybridized carbons (Fsp3) is 0.200. The molecule has 0 saturated carbocycles. The molecule has 0 fully saturated rings. The summed E-state index contributed by atoms with van der Waals surface area (Å²) in [6.07, 6.45) is 4.03. The van der Waals surface area contributed by atoms with E-state index in [1.807, 2.05) is 18.4 Å². The summed E-state index contributed by atoms with van der Waals surface area (Å²) in [7, 11) is 0. The maximum absolute atomic E-state index is 12.1. The molecule has 108 valence electrons. The number of nitrogens with zero attached hydrogens (tertiary/aromatic N) is 1. The highest BCUT2D eigenvalue weighted by molar-refractivity contribution is 7.98. The number of carbonyl (C=O) groups excluding carboxylic acids is 1. The molecule has 0 bridgehead atoms. The first kappa shape index (κ1) is 15.6. The molecule has 0 atom stereocenters. The summed E-state index contributed by atoms with van der Waals surface area (Å²) in [5, 5.41) is 11.9. The number of amides is 1. The molecule has 0 radical (unpaired) electrons. The first-order valence-electron chi connectivity index (χ1n) is 6.24. The molecule has 2 rings (SSSR count). The molecule has 0 aliphatic carbocycles. The second kappa shape index (κ2) is 7.84. The quantitative estimate of drug-likeness (QED) is 0.672. The summed E-state index contributed by atoms with van der Waals surface area (Å²) in [6.45, 7) is 0.0431. The SMILES string of the molecule is CSc1ccc(C(=O)Nc2ncc(C#CCCO)s2)cc1. The van der Waals surface area contributed by atoms with Crippen molar-refractivity contribution in [3.63, 3.8) is 0 Å². The van der Waals surface area contributed by atoms with Gasteiger partial charge in [0.25, 0.3) is 5.91 Å². The first-order chi connectivity index (χ1) is 10.2. The fourth-order valence-corrected chi connectivity index (χ4v) is 2.60. The highest BCUT2D eigenvalue weighted by atomic mass is 32.2. The number of aliphatic hydroxyl groups is 1. The van der Waals surface area contributed by atoms with Crippen LogP contribution in [0.25, 0.3) is 0 Å². The van der Waals surface area contributed by atoms with Gasteiger partial charge in [-0.05, 0) is 30.5 Å². The van der Waals surface area contributed by atoms with Gasteiger partial charge in [-0.3, -0.25) is 10.1 Å². The average Bonchev–Trinajstić information content (AvgIpc) is 2.95. The number of thiazole rings is 1. The van der Waals surface area contributed by atoms with Crippen LogP contribution in [0, 0.1) is 11.8 Å². The summed E-state index contributed by atoms with van der Waals surface area (Å²) in [5.41, 5.74) is 0.593. The Balaban J connectivity index is 2.01. The van der Waals surface area contributed by atoms with Crippen molar-refractivity contribution in [1.29, 1.82) is 0 Å². The lowest BCUT2D eigenvalue weighted by Crippen LogP contribution is -2.11. The van der Waals surface area contributed by atoms with Crippen LogP contribution in [0.4, 0.5) is 5.13 Å². The predicted octanol–water partition coefficient (Wildman–Crippen LogP) is 2.85. The van der Waals surface area contributed by atoms with E-state index in [1.54, 1.807) is 30.1 Å². The second-order valence-electron chi connectivity index (χ2n) is 3.99. The second-order valence-corrected chi connectivity index (χ2v) is 5.90. The Labute approximate surface area is 131 Å². The number of aliphatic hydroxyl groups excluding tert-OH is 1. The molecule has 0 saturated heterocycles. The third-order valence-corrected chi connectivity index (χ3v) is 4.10. The summed E-state index contributed by atoms with van der Waals surface area (Å²) >= 11 is 2.94. The minimum atomic E-state index is -0.188. The van der Waals surface area contributed by atoms with Crippen LogP contribution in [0.15, 0.2) is 35.4 Å². The molecule has 1 amide bonds. The molecule has 6 heteroatoms. The average molecular weight is 318 g/mol. The third-order valence-electron chi connectivity index (χ3n) is 2.53. The Morgan fingerprint density at radius 3 is 2.86 bits per heavy atom. The molecular formula is C15H14N2O2S2. The molecule has 0 unspecified atom stereocenters. The van der Waals surface area contributed by atoms with Gasteiger partial charge in [-0.25, -0.2) is 4.98 Å². The van der Waals surface area contributed by atoms with Gasteiger partial charge >= 0.3 is 0 Å². The van der Waals surface area contributed by atoms with Crippen LogP contribution in [0.5, 0.6) is 0 Å². The van der Waals surface area contributed by atoms with Gasteiger partial charge in [0.15, 0.2) is 5.13 Å². The van der Waals surface area contributed by atoms with Gasteiger partial charge in [-0.15, -0.1) is 11.8 Å². The molecule has 1 aromatic carbocycles. The molecule has 0 spiro atoms. The van der Waals surface area contributed by atoms with Crippen molar-refractivity contribution in [1.82, 2.24) is 4.98 Å². The molecule has 4 nitrogen and oxygen atoms in total. The van der Waals surface area contributed by atoms with Crippen LogP contribution < -0.4 is 5.32 Å².